The van der Waals surface area contributed by atoms with E-state index in [0.717, 1.165) is 56.3 Å². The summed E-state index contributed by atoms with van der Waals surface area (Å²) < 4.78 is 38.8. The zero-order chi connectivity index (χ0) is 20.3. The molecular formula is C21H20FN3O3S. The van der Waals surface area contributed by atoms with Crippen molar-refractivity contribution in [3.8, 4) is 0 Å². The number of carbonyl (C=O) groups excluding carboxylic acids is 1. The number of anilines is 1. The zero-order valence-corrected chi connectivity index (χ0v) is 16.5. The number of aryl methyl sites for hydroxylation is 2. The highest BCUT2D eigenvalue weighted by molar-refractivity contribution is 7.89. The van der Waals surface area contributed by atoms with E-state index in [1.807, 2.05) is 0 Å². The Kier molecular flexibility index (Phi) is 4.04. The number of amides is 1. The molecule has 0 saturated carbocycles. The number of hydrogen-bond acceptors (Lipinski definition) is 3. The van der Waals surface area contributed by atoms with Gasteiger partial charge in [0.15, 0.2) is 0 Å². The summed E-state index contributed by atoms with van der Waals surface area (Å²) in [5.74, 6) is -0.933. The molecule has 5 rings (SSSR count). The van der Waals surface area contributed by atoms with Crippen LogP contribution < -0.4 is 10.5 Å². The molecule has 1 aromatic heterocycles. The van der Waals surface area contributed by atoms with E-state index in [9.17, 15) is 17.6 Å². The first-order valence-corrected chi connectivity index (χ1v) is 11.2. The van der Waals surface area contributed by atoms with Crippen molar-refractivity contribution in [3.05, 3.63) is 58.5 Å². The topological polar surface area (TPSA) is 94.2 Å². The van der Waals surface area contributed by atoms with E-state index < -0.39 is 26.8 Å². The molecule has 0 spiro atoms. The van der Waals surface area contributed by atoms with Gasteiger partial charge in [-0.2, -0.15) is 0 Å². The fourth-order valence-corrected chi connectivity index (χ4v) is 5.27. The molecular weight excluding hydrogens is 393 g/mol. The molecule has 29 heavy (non-hydrogen) atoms. The summed E-state index contributed by atoms with van der Waals surface area (Å²) >= 11 is 0. The molecule has 0 aliphatic heterocycles. The molecule has 2 aliphatic carbocycles. The second kappa shape index (κ2) is 6.40. The first kappa shape index (κ1) is 18.3. The van der Waals surface area contributed by atoms with Crippen LogP contribution in [0.15, 0.2) is 35.4 Å². The van der Waals surface area contributed by atoms with Gasteiger partial charge in [-0.05, 0) is 79.0 Å². The predicted molar refractivity (Wildman–Crippen MR) is 108 cm³/mol. The number of nitrogens with two attached hydrogens (primary N) is 1. The van der Waals surface area contributed by atoms with Crippen molar-refractivity contribution in [1.29, 1.82) is 0 Å². The second-order valence-corrected chi connectivity index (χ2v) is 9.27. The summed E-state index contributed by atoms with van der Waals surface area (Å²) in [6, 6.07) is 5.65. The minimum Gasteiger partial charge on any atom is -0.307 e. The van der Waals surface area contributed by atoms with Gasteiger partial charge in [-0.15, -0.1) is 0 Å². The van der Waals surface area contributed by atoms with Crippen LogP contribution >= 0.6 is 0 Å². The van der Waals surface area contributed by atoms with Gasteiger partial charge in [-0.1, -0.05) is 6.07 Å². The second-order valence-electron chi connectivity index (χ2n) is 7.74. The van der Waals surface area contributed by atoms with Gasteiger partial charge in [0.2, 0.25) is 10.0 Å². The van der Waals surface area contributed by atoms with E-state index >= 15 is 0 Å². The van der Waals surface area contributed by atoms with Gasteiger partial charge in [0, 0.05) is 17.3 Å². The lowest BCUT2D eigenvalue weighted by Gasteiger charge is -2.16. The molecule has 150 valence electrons. The number of nitrogens with one attached hydrogen (secondary N) is 1. The van der Waals surface area contributed by atoms with Crippen LogP contribution in [-0.4, -0.2) is 19.0 Å². The molecule has 3 aromatic rings. The molecule has 2 aliphatic rings. The van der Waals surface area contributed by atoms with Crippen LogP contribution in [0.2, 0.25) is 0 Å². The maximum atomic E-state index is 14.1. The van der Waals surface area contributed by atoms with E-state index in [4.69, 9.17) is 5.14 Å². The number of fused-ring (bicyclic) bond motifs is 3. The third kappa shape index (κ3) is 2.94. The lowest BCUT2D eigenvalue weighted by Crippen LogP contribution is -2.21. The summed E-state index contributed by atoms with van der Waals surface area (Å²) in [6.45, 7) is 0. The van der Waals surface area contributed by atoms with E-state index in [-0.39, 0.29) is 5.52 Å². The number of halogens is 1. The first-order chi connectivity index (χ1) is 13.8. The highest BCUT2D eigenvalue weighted by Crippen LogP contribution is 2.38. The summed E-state index contributed by atoms with van der Waals surface area (Å²) in [5.41, 5.74) is 6.19. The Hall–Kier alpha value is -2.71. The van der Waals surface area contributed by atoms with Crippen LogP contribution in [0.3, 0.4) is 0 Å². The molecule has 2 aromatic carbocycles. The number of aromatic nitrogens is 1. The maximum Gasteiger partial charge on any atom is 0.330 e. The standard InChI is InChI=1S/C21H20FN3O3S/c22-17-10-14-7-8-25(18(14)11-19(17)29(23,27)28)21(26)24-20-15-5-1-3-12(15)9-13-4-2-6-16(13)20/h7-11H,1-6H2,(H,24,26)(H2,23,27,28). The average Bonchev–Trinajstić information content (AvgIpc) is 3.38. The molecule has 1 amide bonds. The predicted octanol–water partition coefficient (Wildman–Crippen LogP) is 3.49. The van der Waals surface area contributed by atoms with Crippen molar-refractivity contribution < 1.29 is 17.6 Å². The number of rotatable bonds is 2. The van der Waals surface area contributed by atoms with Crippen molar-refractivity contribution in [2.45, 2.75) is 43.4 Å². The van der Waals surface area contributed by atoms with E-state index in [0.29, 0.717) is 5.39 Å². The van der Waals surface area contributed by atoms with Gasteiger partial charge < -0.3 is 5.32 Å². The van der Waals surface area contributed by atoms with Crippen LogP contribution in [-0.2, 0) is 35.7 Å². The molecule has 1 heterocycles. The molecule has 6 nitrogen and oxygen atoms in total. The van der Waals surface area contributed by atoms with Crippen LogP contribution in [0, 0.1) is 5.82 Å². The largest absolute Gasteiger partial charge is 0.330 e. The van der Waals surface area contributed by atoms with Crippen LogP contribution in [0.25, 0.3) is 10.9 Å². The fourth-order valence-electron chi connectivity index (χ4n) is 4.66. The summed E-state index contributed by atoms with van der Waals surface area (Å²) in [6.07, 6.45) is 7.57. The minimum atomic E-state index is -4.24. The molecule has 3 N–H and O–H groups in total. The molecule has 0 saturated heterocycles. The molecule has 0 radical (unpaired) electrons. The van der Waals surface area contributed by atoms with Gasteiger partial charge in [-0.25, -0.2) is 22.7 Å². The average molecular weight is 413 g/mol. The quantitative estimate of drug-likeness (QED) is 0.673. The molecule has 0 bridgehead atoms. The smallest absolute Gasteiger partial charge is 0.307 e. The lowest BCUT2D eigenvalue weighted by atomic mass is 9.99. The molecule has 0 atom stereocenters. The SMILES string of the molecule is NS(=O)(=O)c1cc2c(ccn2C(=O)Nc2c3c(cc4c2CCC4)CCC3)cc1F. The Morgan fingerprint density at radius 2 is 1.69 bits per heavy atom. The zero-order valence-electron chi connectivity index (χ0n) is 15.7. The van der Waals surface area contributed by atoms with Gasteiger partial charge in [0.1, 0.15) is 10.7 Å². The van der Waals surface area contributed by atoms with Gasteiger partial charge in [0.05, 0.1) is 5.52 Å². The summed E-state index contributed by atoms with van der Waals surface area (Å²) in [7, 11) is -4.24. The van der Waals surface area contributed by atoms with E-state index in [1.165, 1.54) is 33.0 Å². The van der Waals surface area contributed by atoms with Crippen LogP contribution in [0.4, 0.5) is 14.9 Å². The van der Waals surface area contributed by atoms with Gasteiger partial charge >= 0.3 is 6.03 Å². The Bertz CT molecular complexity index is 1260. The Morgan fingerprint density at radius 3 is 2.31 bits per heavy atom. The molecule has 0 unspecified atom stereocenters. The summed E-state index contributed by atoms with van der Waals surface area (Å²) in [4.78, 5) is 12.5. The fraction of sp³-hybridized carbons (Fsp3) is 0.286. The van der Waals surface area contributed by atoms with Crippen molar-refractivity contribution in [2.24, 2.45) is 5.14 Å². The van der Waals surface area contributed by atoms with Crippen LogP contribution in [0.1, 0.15) is 35.1 Å². The normalized spacial score (nSPS) is 15.5. The highest BCUT2D eigenvalue weighted by atomic mass is 32.2. The number of benzene rings is 2. The van der Waals surface area contributed by atoms with Gasteiger partial charge in [-0.3, -0.25) is 4.57 Å². The number of nitrogens with zero attached hydrogens (tertiary/aromatic N) is 1. The van der Waals surface area contributed by atoms with Crippen molar-refractivity contribution >= 4 is 32.6 Å². The number of primary sulfonamides is 1. The first-order valence-electron chi connectivity index (χ1n) is 9.64. The minimum absolute atomic E-state index is 0.289. The third-order valence-corrected chi connectivity index (χ3v) is 6.90. The monoisotopic (exact) mass is 413 g/mol. The van der Waals surface area contributed by atoms with E-state index in [2.05, 4.69) is 11.4 Å². The number of sulfonamides is 1. The lowest BCUT2D eigenvalue weighted by molar-refractivity contribution is 0.254. The van der Waals surface area contributed by atoms with Crippen molar-refractivity contribution in [3.63, 3.8) is 0 Å². The maximum absolute atomic E-state index is 14.1. The molecule has 8 heteroatoms. The Morgan fingerprint density at radius 1 is 1.03 bits per heavy atom. The third-order valence-electron chi connectivity index (χ3n) is 5.97. The summed E-state index contributed by atoms with van der Waals surface area (Å²) in [5, 5.41) is 8.60. The van der Waals surface area contributed by atoms with E-state index in [1.54, 1.807) is 6.07 Å². The van der Waals surface area contributed by atoms with Gasteiger partial charge in [0.25, 0.3) is 0 Å². The number of carbonyl (C=O) groups is 1. The van der Waals surface area contributed by atoms with Crippen molar-refractivity contribution in [2.75, 3.05) is 5.32 Å². The van der Waals surface area contributed by atoms with Crippen LogP contribution in [0.5, 0.6) is 0 Å². The Labute approximate surface area is 167 Å². The number of hydrogen-bond donors (Lipinski definition) is 2. The van der Waals surface area contributed by atoms with Crippen molar-refractivity contribution in [1.82, 2.24) is 4.57 Å². The Balaban J connectivity index is 1.59. The molecule has 0 fully saturated rings. The highest BCUT2D eigenvalue weighted by Gasteiger charge is 2.26.